The number of likely N-dealkylation sites (tertiary alicyclic amines) is 1. The minimum absolute atomic E-state index is 0.546. The van der Waals surface area contributed by atoms with Crippen molar-refractivity contribution in [2.75, 3.05) is 19.6 Å². The molecule has 1 heterocycles. The molecule has 1 aliphatic carbocycles. The van der Waals surface area contributed by atoms with Crippen LogP contribution in [0.15, 0.2) is 0 Å². The molecule has 2 fully saturated rings. The van der Waals surface area contributed by atoms with Gasteiger partial charge in [-0.15, -0.1) is 0 Å². The normalized spacial score (nSPS) is 30.3. The molecule has 1 unspecified atom stereocenters. The van der Waals surface area contributed by atoms with Crippen molar-refractivity contribution >= 4 is 0 Å². The predicted molar refractivity (Wildman–Crippen MR) is 92.7 cm³/mol. The fraction of sp³-hybridized carbons (Fsp3) is 1.00. The van der Waals surface area contributed by atoms with Crippen molar-refractivity contribution in [1.29, 1.82) is 0 Å². The van der Waals surface area contributed by atoms with Crippen LogP contribution in [0, 0.1) is 11.3 Å². The lowest BCUT2D eigenvalue weighted by atomic mass is 9.69. The maximum absolute atomic E-state index is 3.91. The SMILES string of the molecule is CCC(C)(C)C1CCC(NC(C)CN2CCCCC2)CC1. The van der Waals surface area contributed by atoms with Crippen LogP contribution >= 0.6 is 0 Å². The highest BCUT2D eigenvalue weighted by Gasteiger charge is 2.32. The van der Waals surface area contributed by atoms with E-state index in [4.69, 9.17) is 0 Å². The van der Waals surface area contributed by atoms with Gasteiger partial charge in [0.25, 0.3) is 0 Å². The Kier molecular flexibility index (Phi) is 6.55. The molecule has 0 aromatic carbocycles. The predicted octanol–water partition coefficient (Wildman–Crippen LogP) is 4.45. The molecule has 1 atom stereocenters. The maximum atomic E-state index is 3.91. The zero-order valence-electron chi connectivity index (χ0n) is 15.0. The van der Waals surface area contributed by atoms with E-state index in [1.165, 1.54) is 71.0 Å². The Balaban J connectivity index is 1.68. The highest BCUT2D eigenvalue weighted by atomic mass is 15.2. The Hall–Kier alpha value is -0.0800. The third kappa shape index (κ3) is 5.25. The molecule has 0 aromatic rings. The summed E-state index contributed by atoms with van der Waals surface area (Å²) >= 11 is 0. The van der Waals surface area contributed by atoms with Crippen LogP contribution in [0.1, 0.15) is 79.1 Å². The first kappa shape index (κ1) is 17.3. The summed E-state index contributed by atoms with van der Waals surface area (Å²) in [7, 11) is 0. The largest absolute Gasteiger partial charge is 0.310 e. The molecular weight excluding hydrogens is 256 g/mol. The standard InChI is InChI=1S/C19H38N2/c1-5-19(3,4)17-9-11-18(12-10-17)20-16(2)15-21-13-7-6-8-14-21/h16-18,20H,5-15H2,1-4H3. The van der Waals surface area contributed by atoms with E-state index in [9.17, 15) is 0 Å². The van der Waals surface area contributed by atoms with E-state index in [1.807, 2.05) is 0 Å². The van der Waals surface area contributed by atoms with Gasteiger partial charge in [0.15, 0.2) is 0 Å². The molecule has 0 spiro atoms. The van der Waals surface area contributed by atoms with Gasteiger partial charge in [0, 0.05) is 18.6 Å². The molecule has 124 valence electrons. The zero-order chi connectivity index (χ0) is 15.3. The van der Waals surface area contributed by atoms with Gasteiger partial charge in [-0.25, -0.2) is 0 Å². The molecule has 2 aliphatic rings. The molecule has 0 amide bonds. The summed E-state index contributed by atoms with van der Waals surface area (Å²) in [5, 5.41) is 3.91. The topological polar surface area (TPSA) is 15.3 Å². The van der Waals surface area contributed by atoms with Crippen LogP contribution in [0.25, 0.3) is 0 Å². The second kappa shape index (κ2) is 7.97. The van der Waals surface area contributed by atoms with Gasteiger partial charge in [0.05, 0.1) is 0 Å². The monoisotopic (exact) mass is 294 g/mol. The smallest absolute Gasteiger partial charge is 0.0169 e. The first-order valence-electron chi connectivity index (χ1n) is 9.49. The van der Waals surface area contributed by atoms with Gasteiger partial charge >= 0.3 is 0 Å². The third-order valence-electron chi connectivity index (χ3n) is 6.24. The quantitative estimate of drug-likeness (QED) is 0.779. The van der Waals surface area contributed by atoms with Gasteiger partial charge in [-0.05, 0) is 69.9 Å². The molecule has 1 saturated heterocycles. The Morgan fingerprint density at radius 1 is 1.05 bits per heavy atom. The second-order valence-electron chi connectivity index (χ2n) is 8.32. The first-order chi connectivity index (χ1) is 10.0. The van der Waals surface area contributed by atoms with E-state index < -0.39 is 0 Å². The molecule has 0 bridgehead atoms. The van der Waals surface area contributed by atoms with Crippen molar-refractivity contribution in [3.63, 3.8) is 0 Å². The number of nitrogens with zero attached hydrogens (tertiary/aromatic N) is 1. The summed E-state index contributed by atoms with van der Waals surface area (Å²) in [4.78, 5) is 2.66. The van der Waals surface area contributed by atoms with Gasteiger partial charge in [0.1, 0.15) is 0 Å². The number of piperidine rings is 1. The van der Waals surface area contributed by atoms with Crippen LogP contribution in [0.3, 0.4) is 0 Å². The molecule has 1 N–H and O–H groups in total. The van der Waals surface area contributed by atoms with Crippen molar-refractivity contribution in [3.05, 3.63) is 0 Å². The molecule has 2 heteroatoms. The number of hydrogen-bond acceptors (Lipinski definition) is 2. The number of rotatable bonds is 6. The van der Waals surface area contributed by atoms with Crippen LogP contribution in [0.2, 0.25) is 0 Å². The van der Waals surface area contributed by atoms with Crippen molar-refractivity contribution in [3.8, 4) is 0 Å². The van der Waals surface area contributed by atoms with Gasteiger partial charge in [-0.1, -0.05) is 33.6 Å². The first-order valence-corrected chi connectivity index (χ1v) is 9.49. The number of nitrogens with one attached hydrogen (secondary N) is 1. The van der Waals surface area contributed by atoms with Crippen molar-refractivity contribution in [2.45, 2.75) is 91.1 Å². The van der Waals surface area contributed by atoms with E-state index in [0.29, 0.717) is 11.5 Å². The molecule has 1 saturated carbocycles. The van der Waals surface area contributed by atoms with Crippen molar-refractivity contribution < 1.29 is 0 Å². The summed E-state index contributed by atoms with van der Waals surface area (Å²) in [6, 6.07) is 1.43. The lowest BCUT2D eigenvalue weighted by Crippen LogP contribution is -2.46. The Morgan fingerprint density at radius 2 is 1.67 bits per heavy atom. The minimum Gasteiger partial charge on any atom is -0.310 e. The summed E-state index contributed by atoms with van der Waals surface area (Å²) in [6.07, 6.45) is 11.2. The van der Waals surface area contributed by atoms with Crippen LogP contribution in [0.4, 0.5) is 0 Å². The minimum atomic E-state index is 0.546. The van der Waals surface area contributed by atoms with Gasteiger partial charge in [-0.2, -0.15) is 0 Å². The highest BCUT2D eigenvalue weighted by molar-refractivity contribution is 4.86. The van der Waals surface area contributed by atoms with E-state index in [2.05, 4.69) is 37.9 Å². The molecule has 0 radical (unpaired) electrons. The highest BCUT2D eigenvalue weighted by Crippen LogP contribution is 2.40. The average molecular weight is 295 g/mol. The maximum Gasteiger partial charge on any atom is 0.0169 e. The zero-order valence-corrected chi connectivity index (χ0v) is 15.0. The van der Waals surface area contributed by atoms with Crippen LogP contribution in [0.5, 0.6) is 0 Å². The Morgan fingerprint density at radius 3 is 2.24 bits per heavy atom. The molecule has 21 heavy (non-hydrogen) atoms. The van der Waals surface area contributed by atoms with Crippen molar-refractivity contribution in [1.82, 2.24) is 10.2 Å². The Labute approximate surface area is 133 Å². The van der Waals surface area contributed by atoms with E-state index in [-0.39, 0.29) is 0 Å². The van der Waals surface area contributed by atoms with E-state index in [0.717, 1.165) is 12.0 Å². The molecule has 2 nitrogen and oxygen atoms in total. The van der Waals surface area contributed by atoms with Crippen LogP contribution < -0.4 is 5.32 Å². The number of hydrogen-bond donors (Lipinski definition) is 1. The lowest BCUT2D eigenvalue weighted by Gasteiger charge is -2.40. The molecule has 1 aliphatic heterocycles. The van der Waals surface area contributed by atoms with Gasteiger partial charge in [-0.3, -0.25) is 0 Å². The third-order valence-corrected chi connectivity index (χ3v) is 6.24. The van der Waals surface area contributed by atoms with Crippen molar-refractivity contribution in [2.24, 2.45) is 11.3 Å². The second-order valence-corrected chi connectivity index (χ2v) is 8.32. The lowest BCUT2D eigenvalue weighted by molar-refractivity contribution is 0.130. The molecule has 2 rings (SSSR count). The summed E-state index contributed by atoms with van der Waals surface area (Å²) in [6.45, 7) is 13.6. The summed E-state index contributed by atoms with van der Waals surface area (Å²) in [5.41, 5.74) is 0.546. The van der Waals surface area contributed by atoms with Gasteiger partial charge in [0.2, 0.25) is 0 Å². The van der Waals surface area contributed by atoms with E-state index >= 15 is 0 Å². The average Bonchev–Trinajstić information content (AvgIpc) is 2.48. The fourth-order valence-corrected chi connectivity index (χ4v) is 4.31. The summed E-state index contributed by atoms with van der Waals surface area (Å²) < 4.78 is 0. The van der Waals surface area contributed by atoms with Crippen LogP contribution in [-0.2, 0) is 0 Å². The van der Waals surface area contributed by atoms with Crippen LogP contribution in [-0.4, -0.2) is 36.6 Å². The van der Waals surface area contributed by atoms with E-state index in [1.54, 1.807) is 0 Å². The molecular formula is C19H38N2. The fourth-order valence-electron chi connectivity index (χ4n) is 4.31. The molecule has 0 aromatic heterocycles. The summed E-state index contributed by atoms with van der Waals surface area (Å²) in [5.74, 6) is 0.943. The van der Waals surface area contributed by atoms with Gasteiger partial charge < -0.3 is 10.2 Å². The Bertz CT molecular complexity index is 286.